The predicted molar refractivity (Wildman–Crippen MR) is 109 cm³/mol. The molecule has 1 unspecified atom stereocenters. The van der Waals surface area contributed by atoms with Crippen molar-refractivity contribution in [2.45, 2.75) is 13.0 Å². The van der Waals surface area contributed by atoms with Crippen molar-refractivity contribution >= 4 is 29.3 Å². The van der Waals surface area contributed by atoms with Crippen molar-refractivity contribution in [3.63, 3.8) is 0 Å². The van der Waals surface area contributed by atoms with Crippen molar-refractivity contribution in [1.82, 2.24) is 0 Å². The maximum Gasteiger partial charge on any atom is 0.331 e. The molecule has 152 valence electrons. The molecule has 0 aliphatic carbocycles. The molecule has 1 atom stereocenters. The SMILES string of the molecule is CC(OC(=O)/C=C/c1ccc(F)cc1)C(=O)Nc1ccc(N2CCOCC2)cc1. The van der Waals surface area contributed by atoms with Crippen LogP contribution < -0.4 is 10.2 Å². The minimum Gasteiger partial charge on any atom is -0.449 e. The lowest BCUT2D eigenvalue weighted by Gasteiger charge is -2.28. The Labute approximate surface area is 168 Å². The van der Waals surface area contributed by atoms with Gasteiger partial charge in [-0.05, 0) is 55.0 Å². The second-order valence-electron chi connectivity index (χ2n) is 6.60. The molecule has 1 aliphatic rings. The minimum atomic E-state index is -0.959. The lowest BCUT2D eigenvalue weighted by molar-refractivity contribution is -0.148. The Kier molecular flexibility index (Phi) is 6.97. The molecule has 6 nitrogen and oxygen atoms in total. The standard InChI is InChI=1S/C22H23FN2O4/c1-16(29-21(26)11-4-17-2-5-18(23)6-3-17)22(27)24-19-7-9-20(10-8-19)25-12-14-28-15-13-25/h2-11,16H,12-15H2,1H3,(H,24,27)/b11-4+. The first-order valence-electron chi connectivity index (χ1n) is 9.39. The summed E-state index contributed by atoms with van der Waals surface area (Å²) in [6.45, 7) is 4.59. The third-order valence-corrected chi connectivity index (χ3v) is 4.46. The van der Waals surface area contributed by atoms with Gasteiger partial charge in [0.05, 0.1) is 13.2 Å². The van der Waals surface area contributed by atoms with Crippen LogP contribution in [0.3, 0.4) is 0 Å². The van der Waals surface area contributed by atoms with Gasteiger partial charge in [-0.1, -0.05) is 12.1 Å². The number of hydrogen-bond donors (Lipinski definition) is 1. The summed E-state index contributed by atoms with van der Waals surface area (Å²) in [6, 6.07) is 13.2. The van der Waals surface area contributed by atoms with E-state index in [9.17, 15) is 14.0 Å². The Balaban J connectivity index is 1.49. The average molecular weight is 398 g/mol. The summed E-state index contributed by atoms with van der Waals surface area (Å²) >= 11 is 0. The van der Waals surface area contributed by atoms with Gasteiger partial charge in [0.1, 0.15) is 5.82 Å². The van der Waals surface area contributed by atoms with Gasteiger partial charge in [-0.2, -0.15) is 0 Å². The highest BCUT2D eigenvalue weighted by Crippen LogP contribution is 2.19. The minimum absolute atomic E-state index is 0.354. The van der Waals surface area contributed by atoms with E-state index in [2.05, 4.69) is 10.2 Å². The van der Waals surface area contributed by atoms with Crippen LogP contribution in [-0.4, -0.2) is 44.3 Å². The third-order valence-electron chi connectivity index (χ3n) is 4.46. The Morgan fingerprint density at radius 1 is 1.10 bits per heavy atom. The molecule has 1 N–H and O–H groups in total. The molecule has 1 amide bonds. The van der Waals surface area contributed by atoms with Crippen molar-refractivity contribution in [2.24, 2.45) is 0 Å². The number of benzene rings is 2. The van der Waals surface area contributed by atoms with E-state index in [-0.39, 0.29) is 5.82 Å². The molecule has 1 aliphatic heterocycles. The van der Waals surface area contributed by atoms with Crippen LogP contribution in [0.25, 0.3) is 6.08 Å². The summed E-state index contributed by atoms with van der Waals surface area (Å²) in [4.78, 5) is 26.4. The van der Waals surface area contributed by atoms with Crippen molar-refractivity contribution < 1.29 is 23.5 Å². The topological polar surface area (TPSA) is 67.9 Å². The number of esters is 1. The summed E-state index contributed by atoms with van der Waals surface area (Å²) in [7, 11) is 0. The normalized spacial score (nSPS) is 15.2. The summed E-state index contributed by atoms with van der Waals surface area (Å²) in [6.07, 6.45) is 1.74. The molecule has 2 aromatic rings. The Morgan fingerprint density at radius 3 is 2.41 bits per heavy atom. The highest BCUT2D eigenvalue weighted by atomic mass is 19.1. The van der Waals surface area contributed by atoms with E-state index in [0.717, 1.165) is 18.8 Å². The summed E-state index contributed by atoms with van der Waals surface area (Å²) in [5.41, 5.74) is 2.34. The highest BCUT2D eigenvalue weighted by Gasteiger charge is 2.17. The van der Waals surface area contributed by atoms with Crippen LogP contribution in [0, 0.1) is 5.82 Å². The van der Waals surface area contributed by atoms with Crippen molar-refractivity contribution in [1.29, 1.82) is 0 Å². The number of carbonyl (C=O) groups is 2. The van der Waals surface area contributed by atoms with Gasteiger partial charge in [0.15, 0.2) is 6.10 Å². The van der Waals surface area contributed by atoms with E-state index in [1.807, 2.05) is 24.3 Å². The Hall–Kier alpha value is -3.19. The van der Waals surface area contributed by atoms with Gasteiger partial charge >= 0.3 is 5.97 Å². The van der Waals surface area contributed by atoms with Gasteiger partial charge < -0.3 is 19.7 Å². The maximum absolute atomic E-state index is 12.9. The molecule has 1 heterocycles. The summed E-state index contributed by atoms with van der Waals surface area (Å²) < 4.78 is 23.3. The van der Waals surface area contributed by atoms with Crippen LogP contribution in [0.4, 0.5) is 15.8 Å². The molecule has 0 bridgehead atoms. The van der Waals surface area contributed by atoms with Crippen LogP contribution in [0.2, 0.25) is 0 Å². The van der Waals surface area contributed by atoms with E-state index in [0.29, 0.717) is 24.5 Å². The predicted octanol–water partition coefficient (Wildman–Crippen LogP) is 3.25. The number of nitrogens with zero attached hydrogens (tertiary/aromatic N) is 1. The highest BCUT2D eigenvalue weighted by molar-refractivity contribution is 5.96. The molecule has 0 aromatic heterocycles. The van der Waals surface area contributed by atoms with E-state index in [1.165, 1.54) is 43.3 Å². The fourth-order valence-corrected chi connectivity index (χ4v) is 2.83. The zero-order valence-electron chi connectivity index (χ0n) is 16.1. The zero-order valence-corrected chi connectivity index (χ0v) is 16.1. The number of anilines is 2. The number of nitrogens with one attached hydrogen (secondary N) is 1. The van der Waals surface area contributed by atoms with Crippen molar-refractivity contribution in [3.8, 4) is 0 Å². The van der Waals surface area contributed by atoms with Crippen LogP contribution in [0.15, 0.2) is 54.6 Å². The second-order valence-corrected chi connectivity index (χ2v) is 6.60. The number of halogens is 1. The lowest BCUT2D eigenvalue weighted by atomic mass is 10.2. The number of carbonyl (C=O) groups excluding carboxylic acids is 2. The van der Waals surface area contributed by atoms with Gasteiger partial charge in [-0.25, -0.2) is 9.18 Å². The monoisotopic (exact) mass is 398 g/mol. The van der Waals surface area contributed by atoms with E-state index in [1.54, 1.807) is 0 Å². The first kappa shape index (κ1) is 20.5. The van der Waals surface area contributed by atoms with Gasteiger partial charge in [-0.3, -0.25) is 4.79 Å². The molecule has 1 saturated heterocycles. The molecule has 0 saturated carbocycles. The molecular formula is C22H23FN2O4. The van der Waals surface area contributed by atoms with Crippen molar-refractivity contribution in [3.05, 3.63) is 66.0 Å². The fourth-order valence-electron chi connectivity index (χ4n) is 2.83. The van der Waals surface area contributed by atoms with Crippen LogP contribution >= 0.6 is 0 Å². The van der Waals surface area contributed by atoms with Crippen LogP contribution in [-0.2, 0) is 19.1 Å². The van der Waals surface area contributed by atoms with Gasteiger partial charge in [0.25, 0.3) is 5.91 Å². The molecule has 0 radical (unpaired) electrons. The maximum atomic E-state index is 12.9. The molecule has 29 heavy (non-hydrogen) atoms. The quantitative estimate of drug-likeness (QED) is 0.598. The lowest BCUT2D eigenvalue weighted by Crippen LogP contribution is -2.36. The molecule has 0 spiro atoms. The Bertz CT molecular complexity index is 859. The second kappa shape index (κ2) is 9.84. The Morgan fingerprint density at radius 2 is 1.76 bits per heavy atom. The van der Waals surface area contributed by atoms with E-state index >= 15 is 0 Å². The summed E-state index contributed by atoms with van der Waals surface area (Å²) in [5, 5.41) is 2.73. The fraction of sp³-hybridized carbons (Fsp3) is 0.273. The molecular weight excluding hydrogens is 375 g/mol. The van der Waals surface area contributed by atoms with Gasteiger partial charge in [0, 0.05) is 30.5 Å². The summed E-state index contributed by atoms with van der Waals surface area (Å²) in [5.74, 6) is -1.43. The zero-order chi connectivity index (χ0) is 20.6. The first-order valence-corrected chi connectivity index (χ1v) is 9.39. The van der Waals surface area contributed by atoms with Crippen LogP contribution in [0.1, 0.15) is 12.5 Å². The van der Waals surface area contributed by atoms with Gasteiger partial charge in [0.2, 0.25) is 0 Å². The number of rotatable bonds is 6. The molecule has 1 fully saturated rings. The largest absolute Gasteiger partial charge is 0.449 e. The smallest absolute Gasteiger partial charge is 0.331 e. The molecule has 3 rings (SSSR count). The third kappa shape index (κ3) is 6.15. The average Bonchev–Trinajstić information content (AvgIpc) is 2.74. The van der Waals surface area contributed by atoms with Gasteiger partial charge in [-0.15, -0.1) is 0 Å². The van der Waals surface area contributed by atoms with E-state index < -0.39 is 18.0 Å². The van der Waals surface area contributed by atoms with E-state index in [4.69, 9.17) is 9.47 Å². The molecule has 7 heteroatoms. The van der Waals surface area contributed by atoms with Crippen molar-refractivity contribution in [2.75, 3.05) is 36.5 Å². The number of morpholine rings is 1. The number of hydrogen-bond acceptors (Lipinski definition) is 5. The van der Waals surface area contributed by atoms with Crippen LogP contribution in [0.5, 0.6) is 0 Å². The first-order chi connectivity index (χ1) is 14.0. The molecule has 2 aromatic carbocycles. The number of ether oxygens (including phenoxy) is 2. The number of amides is 1.